The molecule has 4 aromatic rings. The fourth-order valence-electron chi connectivity index (χ4n) is 5.15. The van der Waals surface area contributed by atoms with Crippen molar-refractivity contribution in [3.8, 4) is 0 Å². The van der Waals surface area contributed by atoms with Gasteiger partial charge < -0.3 is 31.5 Å². The standard InChI is InChI=1S/C36H44N6O4/c1-36(2,3)46-35(45)40-24-12-9-18-27(37)34(44)41-28-19-8-7-17-26(28)32(42-30-21-11-14-23-39-30)31(29-20-10-13-22-38-29)33(43)25-15-5-4-6-16-25/h4-8,10-11,13-17,19-23,27,31-33,43H,9,12,18,24,37H2,1-3H3,(H,39,42)(H,40,45)(H,41,44)/t27-,31?,32?,33?/m1/s1. The predicted molar refractivity (Wildman–Crippen MR) is 180 cm³/mol. The second-order valence-corrected chi connectivity index (χ2v) is 12.1. The number of hydrogen-bond donors (Lipinski definition) is 5. The fraction of sp³-hybridized carbons (Fsp3) is 0.333. The zero-order valence-electron chi connectivity index (χ0n) is 26.6. The van der Waals surface area contributed by atoms with Crippen LogP contribution in [0.25, 0.3) is 0 Å². The first-order chi connectivity index (χ1) is 22.1. The normalized spacial score (nSPS) is 13.9. The van der Waals surface area contributed by atoms with Crippen molar-refractivity contribution in [1.29, 1.82) is 0 Å². The van der Waals surface area contributed by atoms with Crippen LogP contribution in [0.3, 0.4) is 0 Å². The van der Waals surface area contributed by atoms with Gasteiger partial charge in [0.1, 0.15) is 11.4 Å². The Hall–Kier alpha value is -4.80. The van der Waals surface area contributed by atoms with Crippen LogP contribution in [-0.4, -0.2) is 45.3 Å². The summed E-state index contributed by atoms with van der Waals surface area (Å²) in [6.45, 7) is 5.85. The summed E-state index contributed by atoms with van der Waals surface area (Å²) in [5, 5.41) is 21.2. The second kappa shape index (κ2) is 16.5. The summed E-state index contributed by atoms with van der Waals surface area (Å²) in [6.07, 6.45) is 3.70. The van der Waals surface area contributed by atoms with E-state index in [4.69, 9.17) is 10.5 Å². The van der Waals surface area contributed by atoms with E-state index in [2.05, 4.69) is 25.9 Å². The zero-order chi connectivity index (χ0) is 32.9. The second-order valence-electron chi connectivity index (χ2n) is 12.1. The Morgan fingerprint density at radius 3 is 2.22 bits per heavy atom. The third-order valence-corrected chi connectivity index (χ3v) is 7.34. The lowest BCUT2D eigenvalue weighted by Crippen LogP contribution is -2.36. The van der Waals surface area contributed by atoms with E-state index in [0.717, 1.165) is 11.1 Å². The van der Waals surface area contributed by atoms with Gasteiger partial charge in [-0.05, 0) is 81.5 Å². The molecule has 0 fully saturated rings. The van der Waals surface area contributed by atoms with Crippen molar-refractivity contribution in [1.82, 2.24) is 15.3 Å². The minimum Gasteiger partial charge on any atom is -0.444 e. The summed E-state index contributed by atoms with van der Waals surface area (Å²) >= 11 is 0. The molecule has 6 N–H and O–H groups in total. The van der Waals surface area contributed by atoms with Crippen molar-refractivity contribution in [2.24, 2.45) is 5.73 Å². The summed E-state index contributed by atoms with van der Waals surface area (Å²) < 4.78 is 5.26. The number of nitrogens with zero attached hydrogens (tertiary/aromatic N) is 2. The van der Waals surface area contributed by atoms with Crippen molar-refractivity contribution in [3.05, 3.63) is 120 Å². The molecule has 0 aliphatic rings. The van der Waals surface area contributed by atoms with Gasteiger partial charge in [0.25, 0.3) is 0 Å². The zero-order valence-corrected chi connectivity index (χ0v) is 26.6. The highest BCUT2D eigenvalue weighted by molar-refractivity contribution is 5.95. The number of hydrogen-bond acceptors (Lipinski definition) is 8. The molecule has 10 nitrogen and oxygen atoms in total. The molecule has 46 heavy (non-hydrogen) atoms. The molecule has 2 aromatic carbocycles. The highest BCUT2D eigenvalue weighted by Gasteiger charge is 2.35. The first-order valence-electron chi connectivity index (χ1n) is 15.6. The third kappa shape index (κ3) is 10.1. The van der Waals surface area contributed by atoms with Crippen LogP contribution >= 0.6 is 0 Å². The molecule has 10 heteroatoms. The van der Waals surface area contributed by atoms with Crippen LogP contribution < -0.4 is 21.7 Å². The number of anilines is 2. The van der Waals surface area contributed by atoms with E-state index >= 15 is 0 Å². The number of aliphatic hydroxyl groups is 1. The molecular weight excluding hydrogens is 580 g/mol. The van der Waals surface area contributed by atoms with Gasteiger partial charge >= 0.3 is 6.09 Å². The maximum Gasteiger partial charge on any atom is 0.407 e. The molecule has 0 aliphatic carbocycles. The lowest BCUT2D eigenvalue weighted by molar-refractivity contribution is -0.117. The Morgan fingerprint density at radius 1 is 0.870 bits per heavy atom. The van der Waals surface area contributed by atoms with Gasteiger partial charge in [0, 0.05) is 30.3 Å². The van der Waals surface area contributed by atoms with Crippen LogP contribution in [0.4, 0.5) is 16.3 Å². The van der Waals surface area contributed by atoms with Crippen LogP contribution in [0.15, 0.2) is 103 Å². The highest BCUT2D eigenvalue weighted by Crippen LogP contribution is 2.43. The van der Waals surface area contributed by atoms with Crippen molar-refractivity contribution in [2.45, 2.75) is 69.7 Å². The Morgan fingerprint density at radius 2 is 1.54 bits per heavy atom. The number of nitrogens with one attached hydrogen (secondary N) is 3. The van der Waals surface area contributed by atoms with E-state index in [-0.39, 0.29) is 5.91 Å². The van der Waals surface area contributed by atoms with Gasteiger partial charge in [-0.25, -0.2) is 9.78 Å². The third-order valence-electron chi connectivity index (χ3n) is 7.34. The Kier molecular flexibility index (Phi) is 12.2. The largest absolute Gasteiger partial charge is 0.444 e. The number of ether oxygens (including phenoxy) is 1. The lowest BCUT2D eigenvalue weighted by atomic mass is 9.82. The molecule has 242 valence electrons. The minimum atomic E-state index is -0.947. The number of unbranched alkanes of at least 4 members (excludes halogenated alkanes) is 1. The van der Waals surface area contributed by atoms with Crippen LogP contribution in [-0.2, 0) is 9.53 Å². The molecule has 0 aliphatic heterocycles. The van der Waals surface area contributed by atoms with E-state index in [1.165, 1.54) is 0 Å². The quantitative estimate of drug-likeness (QED) is 0.105. The number of benzene rings is 2. The van der Waals surface area contributed by atoms with Gasteiger partial charge in [0.05, 0.1) is 24.1 Å². The molecule has 0 bridgehead atoms. The molecule has 0 radical (unpaired) electrons. The van der Waals surface area contributed by atoms with Gasteiger partial charge in [-0.2, -0.15) is 0 Å². The Labute approximate surface area is 270 Å². The molecule has 4 rings (SSSR count). The van der Waals surface area contributed by atoms with Crippen LogP contribution in [0.1, 0.15) is 74.9 Å². The van der Waals surface area contributed by atoms with E-state index < -0.39 is 35.8 Å². The first kappa shape index (κ1) is 34.1. The highest BCUT2D eigenvalue weighted by atomic mass is 16.6. The van der Waals surface area contributed by atoms with Crippen LogP contribution in [0.5, 0.6) is 0 Å². The van der Waals surface area contributed by atoms with Gasteiger partial charge in [0.2, 0.25) is 5.91 Å². The number of nitrogens with two attached hydrogens (primary N) is 1. The van der Waals surface area contributed by atoms with Crippen molar-refractivity contribution >= 4 is 23.5 Å². The smallest absolute Gasteiger partial charge is 0.407 e. The average molecular weight is 625 g/mol. The van der Waals surface area contributed by atoms with E-state index in [9.17, 15) is 14.7 Å². The number of amides is 2. The topological polar surface area (TPSA) is 151 Å². The maximum atomic E-state index is 13.3. The van der Waals surface area contributed by atoms with E-state index in [0.29, 0.717) is 43.0 Å². The van der Waals surface area contributed by atoms with Crippen molar-refractivity contribution < 1.29 is 19.4 Å². The van der Waals surface area contributed by atoms with Crippen LogP contribution in [0, 0.1) is 0 Å². The molecule has 0 spiro atoms. The molecule has 2 amide bonds. The monoisotopic (exact) mass is 624 g/mol. The molecule has 0 saturated carbocycles. The summed E-state index contributed by atoms with van der Waals surface area (Å²) in [7, 11) is 0. The van der Waals surface area contributed by atoms with E-state index in [1.54, 1.807) is 12.4 Å². The molecule has 0 saturated heterocycles. The summed E-state index contributed by atoms with van der Waals surface area (Å²) in [5.74, 6) is -0.302. The van der Waals surface area contributed by atoms with Crippen molar-refractivity contribution in [3.63, 3.8) is 0 Å². The molecule has 2 aromatic heterocycles. The number of aliphatic hydroxyl groups excluding tert-OH is 1. The Balaban J connectivity index is 1.56. The summed E-state index contributed by atoms with van der Waals surface area (Å²) in [5.41, 5.74) is 8.45. The summed E-state index contributed by atoms with van der Waals surface area (Å²) in [4.78, 5) is 34.4. The van der Waals surface area contributed by atoms with Gasteiger partial charge in [-0.3, -0.25) is 9.78 Å². The number of carbonyl (C=O) groups is 2. The number of pyridine rings is 2. The Bertz CT molecular complexity index is 1520. The van der Waals surface area contributed by atoms with Crippen molar-refractivity contribution in [2.75, 3.05) is 17.2 Å². The number of carbonyl (C=O) groups excluding carboxylic acids is 2. The molecular formula is C36H44N6O4. The number of aromatic nitrogens is 2. The lowest BCUT2D eigenvalue weighted by Gasteiger charge is -2.33. The van der Waals surface area contributed by atoms with Gasteiger partial charge in [0.15, 0.2) is 0 Å². The first-order valence-corrected chi connectivity index (χ1v) is 15.6. The number of alkyl carbamates (subject to hydrolysis) is 1. The summed E-state index contributed by atoms with van der Waals surface area (Å²) in [6, 6.07) is 26.8. The van der Waals surface area contributed by atoms with Crippen LogP contribution in [0.2, 0.25) is 0 Å². The number of rotatable bonds is 14. The average Bonchev–Trinajstić information content (AvgIpc) is 3.05. The molecule has 4 atom stereocenters. The number of para-hydroxylation sites is 1. The minimum absolute atomic E-state index is 0.331. The van der Waals surface area contributed by atoms with Gasteiger partial charge in [-0.1, -0.05) is 60.7 Å². The molecule has 2 heterocycles. The molecule has 3 unspecified atom stereocenters. The fourth-order valence-corrected chi connectivity index (χ4v) is 5.15. The SMILES string of the molecule is CC(C)(C)OC(=O)NCCCC[C@@H](N)C(=O)Nc1ccccc1C(Nc1ccccn1)C(c1ccccn1)C(O)c1ccccc1. The maximum absolute atomic E-state index is 13.3. The van der Waals surface area contributed by atoms with Gasteiger partial charge in [-0.15, -0.1) is 0 Å². The predicted octanol–water partition coefficient (Wildman–Crippen LogP) is 6.11. The van der Waals surface area contributed by atoms with E-state index in [1.807, 2.05) is 112 Å².